The summed E-state index contributed by atoms with van der Waals surface area (Å²) in [7, 11) is 0. The van der Waals surface area contributed by atoms with Crippen molar-refractivity contribution >= 4 is 11.6 Å². The first-order valence-electron chi connectivity index (χ1n) is 6.28. The lowest BCUT2D eigenvalue weighted by Gasteiger charge is -2.38. The van der Waals surface area contributed by atoms with Gasteiger partial charge < -0.3 is 5.73 Å². The fourth-order valence-corrected chi connectivity index (χ4v) is 2.90. The van der Waals surface area contributed by atoms with Crippen LogP contribution in [-0.4, -0.2) is 23.0 Å². The van der Waals surface area contributed by atoms with E-state index in [0.717, 1.165) is 13.0 Å². The Bertz CT molecular complexity index is 442. The Morgan fingerprint density at radius 1 is 1.39 bits per heavy atom. The van der Waals surface area contributed by atoms with Crippen LogP contribution in [-0.2, 0) is 0 Å². The van der Waals surface area contributed by atoms with E-state index in [1.807, 2.05) is 0 Å². The summed E-state index contributed by atoms with van der Waals surface area (Å²) >= 11 is 5.87. The van der Waals surface area contributed by atoms with Crippen LogP contribution >= 0.6 is 11.6 Å². The molecule has 0 aromatic heterocycles. The minimum atomic E-state index is -0.337. The highest BCUT2D eigenvalue weighted by Crippen LogP contribution is 2.38. The lowest BCUT2D eigenvalue weighted by Crippen LogP contribution is -2.43. The van der Waals surface area contributed by atoms with Crippen molar-refractivity contribution in [3.63, 3.8) is 0 Å². The average Bonchev–Trinajstić information content (AvgIpc) is 2.64. The summed E-state index contributed by atoms with van der Waals surface area (Å²) in [6, 6.07) is 5.01. The van der Waals surface area contributed by atoms with Gasteiger partial charge >= 0.3 is 0 Å². The third kappa shape index (κ3) is 2.40. The van der Waals surface area contributed by atoms with Gasteiger partial charge in [0, 0.05) is 23.7 Å². The van der Waals surface area contributed by atoms with Crippen molar-refractivity contribution in [2.75, 3.05) is 6.54 Å². The van der Waals surface area contributed by atoms with Crippen LogP contribution in [0.4, 0.5) is 4.39 Å². The molecule has 4 heteroatoms. The van der Waals surface area contributed by atoms with Crippen LogP contribution in [0.25, 0.3) is 0 Å². The average molecular weight is 271 g/mol. The van der Waals surface area contributed by atoms with E-state index in [4.69, 9.17) is 17.3 Å². The second-order valence-corrected chi connectivity index (χ2v) is 6.31. The first kappa shape index (κ1) is 13.8. The van der Waals surface area contributed by atoms with Crippen molar-refractivity contribution in [2.24, 2.45) is 5.73 Å². The molecular formula is C14H20ClFN2. The molecule has 0 amide bonds. The Labute approximate surface area is 113 Å². The quantitative estimate of drug-likeness (QED) is 0.848. The van der Waals surface area contributed by atoms with Crippen LogP contribution in [0, 0.1) is 5.82 Å². The number of benzene rings is 1. The van der Waals surface area contributed by atoms with E-state index < -0.39 is 0 Å². The molecule has 0 saturated carbocycles. The second-order valence-electron chi connectivity index (χ2n) is 5.90. The molecule has 0 spiro atoms. The van der Waals surface area contributed by atoms with Crippen molar-refractivity contribution in [1.29, 1.82) is 0 Å². The summed E-state index contributed by atoms with van der Waals surface area (Å²) in [5, 5.41) is 0.167. The van der Waals surface area contributed by atoms with Crippen LogP contribution < -0.4 is 5.73 Å². The molecule has 1 aliphatic heterocycles. The van der Waals surface area contributed by atoms with Crippen LogP contribution in [0.15, 0.2) is 18.2 Å². The molecule has 0 bridgehead atoms. The van der Waals surface area contributed by atoms with Crippen molar-refractivity contribution in [3.05, 3.63) is 34.6 Å². The molecule has 2 nitrogen and oxygen atoms in total. The van der Waals surface area contributed by atoms with E-state index in [0.29, 0.717) is 5.56 Å². The normalized spacial score (nSPS) is 25.7. The van der Waals surface area contributed by atoms with Crippen molar-refractivity contribution in [2.45, 2.75) is 44.8 Å². The van der Waals surface area contributed by atoms with Gasteiger partial charge in [-0.25, -0.2) is 4.39 Å². The molecule has 1 heterocycles. The molecule has 2 unspecified atom stereocenters. The highest BCUT2D eigenvalue weighted by molar-refractivity contribution is 6.30. The topological polar surface area (TPSA) is 29.3 Å². The number of rotatable bonds is 1. The summed E-state index contributed by atoms with van der Waals surface area (Å²) in [6.45, 7) is 7.27. The fraction of sp³-hybridized carbons (Fsp3) is 0.571. The van der Waals surface area contributed by atoms with Gasteiger partial charge in [0.1, 0.15) is 5.82 Å². The monoisotopic (exact) mass is 270 g/mol. The summed E-state index contributed by atoms with van der Waals surface area (Å²) in [5.41, 5.74) is 6.74. The Balaban J connectivity index is 2.43. The van der Waals surface area contributed by atoms with Gasteiger partial charge in [-0.15, -0.1) is 0 Å². The minimum Gasteiger partial charge on any atom is -0.326 e. The molecule has 2 rings (SSSR count). The van der Waals surface area contributed by atoms with E-state index in [2.05, 4.69) is 25.7 Å². The number of halogens is 2. The molecule has 0 radical (unpaired) electrons. The Morgan fingerprint density at radius 3 is 2.67 bits per heavy atom. The molecule has 0 aliphatic carbocycles. The summed E-state index contributed by atoms with van der Waals surface area (Å²) in [5.74, 6) is -0.337. The first-order valence-corrected chi connectivity index (χ1v) is 6.66. The predicted octanol–water partition coefficient (Wildman–Crippen LogP) is 3.35. The van der Waals surface area contributed by atoms with Gasteiger partial charge in [0.25, 0.3) is 0 Å². The maximum Gasteiger partial charge on any atom is 0.146 e. The van der Waals surface area contributed by atoms with Crippen molar-refractivity contribution in [3.8, 4) is 0 Å². The molecule has 18 heavy (non-hydrogen) atoms. The first-order chi connectivity index (χ1) is 8.32. The van der Waals surface area contributed by atoms with E-state index in [1.165, 1.54) is 0 Å². The Hall–Kier alpha value is -0.640. The largest absolute Gasteiger partial charge is 0.326 e. The fourth-order valence-electron chi connectivity index (χ4n) is 2.72. The zero-order valence-electron chi connectivity index (χ0n) is 11.1. The van der Waals surface area contributed by atoms with Gasteiger partial charge in [0.05, 0.1) is 11.1 Å². The van der Waals surface area contributed by atoms with E-state index >= 15 is 0 Å². The number of hydrogen-bond donors (Lipinski definition) is 1. The van der Waals surface area contributed by atoms with Gasteiger partial charge in [-0.05, 0) is 33.3 Å². The number of hydrogen-bond acceptors (Lipinski definition) is 2. The molecular weight excluding hydrogens is 251 g/mol. The van der Waals surface area contributed by atoms with Crippen LogP contribution in [0.1, 0.15) is 38.8 Å². The van der Waals surface area contributed by atoms with Gasteiger partial charge in [-0.1, -0.05) is 23.7 Å². The lowest BCUT2D eigenvalue weighted by molar-refractivity contribution is 0.115. The zero-order chi connectivity index (χ0) is 13.5. The molecule has 2 atom stereocenters. The van der Waals surface area contributed by atoms with E-state index in [-0.39, 0.29) is 28.5 Å². The SMILES string of the molecule is CC(C)(C)N1CCC(N)C1c1cccc(Cl)c1F. The highest BCUT2D eigenvalue weighted by atomic mass is 35.5. The number of nitrogens with two attached hydrogens (primary N) is 1. The minimum absolute atomic E-state index is 0.0342. The van der Waals surface area contributed by atoms with Crippen molar-refractivity contribution < 1.29 is 4.39 Å². The summed E-state index contributed by atoms with van der Waals surface area (Å²) in [6.07, 6.45) is 0.883. The third-order valence-electron chi connectivity index (χ3n) is 3.61. The molecule has 1 aromatic carbocycles. The van der Waals surface area contributed by atoms with E-state index in [1.54, 1.807) is 18.2 Å². The van der Waals surface area contributed by atoms with Crippen LogP contribution in [0.5, 0.6) is 0 Å². The maximum absolute atomic E-state index is 14.2. The molecule has 2 N–H and O–H groups in total. The Morgan fingerprint density at radius 2 is 2.06 bits per heavy atom. The van der Waals surface area contributed by atoms with E-state index in [9.17, 15) is 4.39 Å². The Kier molecular flexibility index (Phi) is 3.67. The predicted molar refractivity (Wildman–Crippen MR) is 73.2 cm³/mol. The molecule has 1 aromatic rings. The van der Waals surface area contributed by atoms with Crippen LogP contribution in [0.3, 0.4) is 0 Å². The van der Waals surface area contributed by atoms with Crippen LogP contribution in [0.2, 0.25) is 5.02 Å². The van der Waals surface area contributed by atoms with Gasteiger partial charge in [-0.3, -0.25) is 4.90 Å². The zero-order valence-corrected chi connectivity index (χ0v) is 11.8. The lowest BCUT2D eigenvalue weighted by atomic mass is 9.96. The molecule has 1 saturated heterocycles. The van der Waals surface area contributed by atoms with Gasteiger partial charge in [0.15, 0.2) is 0 Å². The number of likely N-dealkylation sites (tertiary alicyclic amines) is 1. The highest BCUT2D eigenvalue weighted by Gasteiger charge is 2.40. The smallest absolute Gasteiger partial charge is 0.146 e. The molecule has 1 fully saturated rings. The summed E-state index contributed by atoms with van der Waals surface area (Å²) in [4.78, 5) is 2.26. The van der Waals surface area contributed by atoms with Gasteiger partial charge in [0.2, 0.25) is 0 Å². The second kappa shape index (κ2) is 4.80. The molecule has 100 valence electrons. The number of nitrogens with zero attached hydrogens (tertiary/aromatic N) is 1. The third-order valence-corrected chi connectivity index (χ3v) is 3.90. The molecule has 1 aliphatic rings. The van der Waals surface area contributed by atoms with Crippen molar-refractivity contribution in [1.82, 2.24) is 4.90 Å². The summed E-state index contributed by atoms with van der Waals surface area (Å²) < 4.78 is 14.2. The maximum atomic E-state index is 14.2. The standard InChI is InChI=1S/C14H20ClFN2/c1-14(2,3)18-8-7-11(17)13(18)9-5-4-6-10(15)12(9)16/h4-6,11,13H,7-8,17H2,1-3H3. The van der Waals surface area contributed by atoms with Gasteiger partial charge in [-0.2, -0.15) is 0 Å².